The normalized spacial score (nSPS) is 16.3. The lowest BCUT2D eigenvalue weighted by Gasteiger charge is -2.33. The third kappa shape index (κ3) is 5.72. The molecule has 2 aromatic rings. The minimum atomic E-state index is -3.89. The third-order valence-corrected chi connectivity index (χ3v) is 5.95. The van der Waals surface area contributed by atoms with E-state index in [1.54, 1.807) is 0 Å². The molecule has 3 rings (SSSR count). The van der Waals surface area contributed by atoms with Gasteiger partial charge in [-0.3, -0.25) is 9.69 Å². The van der Waals surface area contributed by atoms with Gasteiger partial charge in [0.15, 0.2) is 0 Å². The Morgan fingerprint density at radius 2 is 1.64 bits per heavy atom. The summed E-state index contributed by atoms with van der Waals surface area (Å²) in [5.74, 6) is -1.12. The summed E-state index contributed by atoms with van der Waals surface area (Å²) in [6, 6.07) is 15.5. The van der Waals surface area contributed by atoms with Gasteiger partial charge in [-0.05, 0) is 29.3 Å². The van der Waals surface area contributed by atoms with Gasteiger partial charge < -0.3 is 0 Å². The van der Waals surface area contributed by atoms with E-state index in [9.17, 15) is 17.6 Å². The fraction of sp³-hybridized carbons (Fsp3) is 0.250. The van der Waals surface area contributed by atoms with E-state index in [0.29, 0.717) is 31.7 Å². The van der Waals surface area contributed by atoms with E-state index in [1.165, 1.54) is 40.2 Å². The average molecular weight is 403 g/mol. The zero-order valence-corrected chi connectivity index (χ0v) is 16.1. The van der Waals surface area contributed by atoms with E-state index in [1.807, 2.05) is 30.3 Å². The first-order valence-corrected chi connectivity index (χ1v) is 10.4. The van der Waals surface area contributed by atoms with Crippen molar-refractivity contribution in [1.29, 1.82) is 0 Å². The summed E-state index contributed by atoms with van der Waals surface area (Å²) in [5.41, 5.74) is 1.78. The SMILES string of the molecule is O=C(/C=C/c1ccc(F)cc1)NS(=O)(=O)N1CCN(Cc2ccccc2)CC1. The van der Waals surface area contributed by atoms with Crippen LogP contribution >= 0.6 is 0 Å². The summed E-state index contributed by atoms with van der Waals surface area (Å²) >= 11 is 0. The second-order valence-electron chi connectivity index (χ2n) is 6.52. The smallest absolute Gasteiger partial charge is 0.296 e. The minimum Gasteiger partial charge on any atom is -0.296 e. The summed E-state index contributed by atoms with van der Waals surface area (Å²) < 4.78 is 41.0. The molecule has 1 aliphatic heterocycles. The number of carbonyl (C=O) groups excluding carboxylic acids is 1. The van der Waals surface area contributed by atoms with Crippen molar-refractivity contribution in [2.45, 2.75) is 6.54 Å². The van der Waals surface area contributed by atoms with E-state index in [0.717, 1.165) is 12.6 Å². The number of nitrogens with one attached hydrogen (secondary N) is 1. The van der Waals surface area contributed by atoms with Gasteiger partial charge in [0.25, 0.3) is 5.91 Å². The van der Waals surface area contributed by atoms with Crippen LogP contribution in [0.2, 0.25) is 0 Å². The molecule has 2 aromatic carbocycles. The zero-order chi connectivity index (χ0) is 20.0. The maximum Gasteiger partial charge on any atom is 0.304 e. The molecule has 0 radical (unpaired) electrons. The van der Waals surface area contributed by atoms with Gasteiger partial charge in [-0.1, -0.05) is 42.5 Å². The molecular formula is C20H22FN3O3S. The van der Waals surface area contributed by atoms with Crippen LogP contribution in [0.3, 0.4) is 0 Å². The van der Waals surface area contributed by atoms with Crippen molar-refractivity contribution < 1.29 is 17.6 Å². The molecule has 1 aliphatic rings. The molecule has 1 saturated heterocycles. The predicted molar refractivity (Wildman–Crippen MR) is 106 cm³/mol. The molecule has 28 heavy (non-hydrogen) atoms. The largest absolute Gasteiger partial charge is 0.304 e. The summed E-state index contributed by atoms with van der Waals surface area (Å²) in [6.45, 7) is 2.58. The zero-order valence-electron chi connectivity index (χ0n) is 15.3. The van der Waals surface area contributed by atoms with Crippen LogP contribution in [0.1, 0.15) is 11.1 Å². The van der Waals surface area contributed by atoms with Gasteiger partial charge in [-0.15, -0.1) is 0 Å². The van der Waals surface area contributed by atoms with Crippen LogP contribution in [0, 0.1) is 5.82 Å². The standard InChI is InChI=1S/C20H22FN3O3S/c21-19-9-6-17(7-10-19)8-11-20(25)22-28(26,27)24-14-12-23(13-15-24)16-18-4-2-1-3-5-18/h1-11H,12-16H2,(H,22,25)/b11-8+. The van der Waals surface area contributed by atoms with E-state index >= 15 is 0 Å². The van der Waals surface area contributed by atoms with Crippen LogP contribution in [-0.2, 0) is 21.5 Å². The molecule has 8 heteroatoms. The van der Waals surface area contributed by atoms with Gasteiger partial charge in [-0.25, -0.2) is 9.11 Å². The summed E-state index contributed by atoms with van der Waals surface area (Å²) in [5, 5.41) is 0. The van der Waals surface area contributed by atoms with Crippen molar-refractivity contribution in [3.8, 4) is 0 Å². The maximum absolute atomic E-state index is 12.9. The molecule has 0 aromatic heterocycles. The average Bonchev–Trinajstić information content (AvgIpc) is 2.68. The highest BCUT2D eigenvalue weighted by Gasteiger charge is 2.27. The third-order valence-electron chi connectivity index (χ3n) is 4.45. The van der Waals surface area contributed by atoms with Crippen LogP contribution in [-0.4, -0.2) is 49.7 Å². The monoisotopic (exact) mass is 403 g/mol. The lowest BCUT2D eigenvalue weighted by Crippen LogP contribution is -2.52. The molecule has 148 valence electrons. The number of hydrogen-bond acceptors (Lipinski definition) is 4. The molecule has 1 N–H and O–H groups in total. The number of carbonyl (C=O) groups is 1. The van der Waals surface area contributed by atoms with Crippen molar-refractivity contribution in [2.24, 2.45) is 0 Å². The Kier molecular flexibility index (Phi) is 6.56. The molecule has 1 amide bonds. The second-order valence-corrected chi connectivity index (χ2v) is 8.19. The molecule has 0 aliphatic carbocycles. The summed E-state index contributed by atoms with van der Waals surface area (Å²) in [7, 11) is -3.89. The van der Waals surface area contributed by atoms with Crippen molar-refractivity contribution >= 4 is 22.2 Å². The topological polar surface area (TPSA) is 69.7 Å². The Morgan fingerprint density at radius 1 is 1.00 bits per heavy atom. The number of rotatable bonds is 6. The van der Waals surface area contributed by atoms with Gasteiger partial charge in [0.2, 0.25) is 0 Å². The van der Waals surface area contributed by atoms with Crippen LogP contribution < -0.4 is 4.72 Å². The lowest BCUT2D eigenvalue weighted by atomic mass is 10.2. The van der Waals surface area contributed by atoms with Crippen molar-refractivity contribution in [2.75, 3.05) is 26.2 Å². The molecule has 1 fully saturated rings. The van der Waals surface area contributed by atoms with Crippen molar-refractivity contribution in [3.63, 3.8) is 0 Å². The van der Waals surface area contributed by atoms with Gasteiger partial charge in [-0.2, -0.15) is 12.7 Å². The van der Waals surface area contributed by atoms with Gasteiger partial charge in [0.1, 0.15) is 5.82 Å². The summed E-state index contributed by atoms with van der Waals surface area (Å²) in [6.07, 6.45) is 2.55. The quantitative estimate of drug-likeness (QED) is 0.750. The van der Waals surface area contributed by atoms with Gasteiger partial charge in [0, 0.05) is 38.8 Å². The first-order valence-electron chi connectivity index (χ1n) is 8.94. The molecule has 6 nitrogen and oxygen atoms in total. The molecule has 1 heterocycles. The fourth-order valence-corrected chi connectivity index (χ4v) is 4.04. The van der Waals surface area contributed by atoms with E-state index in [2.05, 4.69) is 9.62 Å². The van der Waals surface area contributed by atoms with E-state index < -0.39 is 16.1 Å². The Hall–Kier alpha value is -2.55. The molecule has 0 atom stereocenters. The molecule has 0 bridgehead atoms. The molecular weight excluding hydrogens is 381 g/mol. The highest BCUT2D eigenvalue weighted by atomic mass is 32.2. The number of hydrogen-bond donors (Lipinski definition) is 1. The van der Waals surface area contributed by atoms with Crippen LogP contribution in [0.25, 0.3) is 6.08 Å². The fourth-order valence-electron chi connectivity index (χ4n) is 2.94. The van der Waals surface area contributed by atoms with Gasteiger partial charge >= 0.3 is 10.2 Å². The Balaban J connectivity index is 1.50. The number of amides is 1. The number of halogens is 1. The number of benzene rings is 2. The number of nitrogens with zero attached hydrogens (tertiary/aromatic N) is 2. The minimum absolute atomic E-state index is 0.317. The highest BCUT2D eigenvalue weighted by molar-refractivity contribution is 7.87. The van der Waals surface area contributed by atoms with Crippen molar-refractivity contribution in [1.82, 2.24) is 13.9 Å². The number of piperazine rings is 1. The Morgan fingerprint density at radius 3 is 2.29 bits per heavy atom. The first-order chi connectivity index (χ1) is 13.4. The predicted octanol–water partition coefficient (Wildman–Crippen LogP) is 2.02. The van der Waals surface area contributed by atoms with Crippen molar-refractivity contribution in [3.05, 3.63) is 77.6 Å². The van der Waals surface area contributed by atoms with Crippen LogP contribution in [0.5, 0.6) is 0 Å². The summed E-state index contributed by atoms with van der Waals surface area (Å²) in [4.78, 5) is 14.1. The maximum atomic E-state index is 12.9. The molecule has 0 spiro atoms. The van der Waals surface area contributed by atoms with E-state index in [-0.39, 0.29) is 5.82 Å². The molecule has 0 saturated carbocycles. The van der Waals surface area contributed by atoms with E-state index in [4.69, 9.17) is 0 Å². The lowest BCUT2D eigenvalue weighted by molar-refractivity contribution is -0.114. The second kappa shape index (κ2) is 9.09. The van der Waals surface area contributed by atoms with Crippen LogP contribution in [0.4, 0.5) is 4.39 Å². The Labute approximate surface area is 164 Å². The first kappa shape index (κ1) is 20.2. The molecule has 0 unspecified atom stereocenters. The Bertz CT molecular complexity index is 923. The van der Waals surface area contributed by atoms with Gasteiger partial charge in [0.05, 0.1) is 0 Å². The van der Waals surface area contributed by atoms with Crippen LogP contribution in [0.15, 0.2) is 60.7 Å². The highest BCUT2D eigenvalue weighted by Crippen LogP contribution is 2.11.